The van der Waals surface area contributed by atoms with E-state index < -0.39 is 6.10 Å². The summed E-state index contributed by atoms with van der Waals surface area (Å²) < 4.78 is 16.8. The Bertz CT molecular complexity index is 1510. The van der Waals surface area contributed by atoms with Crippen LogP contribution in [0, 0.1) is 0 Å². The number of hydrogen-bond donors (Lipinski definition) is 0. The first-order chi connectivity index (χ1) is 34.0. The average molecular weight is 953 g/mol. The molecule has 0 aromatic carbocycles. The predicted molar refractivity (Wildman–Crippen MR) is 297 cm³/mol. The summed E-state index contributed by atoms with van der Waals surface area (Å²) in [6, 6.07) is 0. The Morgan fingerprint density at radius 1 is 0.304 bits per heavy atom. The zero-order chi connectivity index (χ0) is 50.0. The molecule has 0 saturated carbocycles. The maximum absolute atomic E-state index is 12.9. The fourth-order valence-corrected chi connectivity index (χ4v) is 7.18. The first-order valence-electron chi connectivity index (χ1n) is 27.8. The summed E-state index contributed by atoms with van der Waals surface area (Å²) in [4.78, 5) is 38.1. The van der Waals surface area contributed by atoms with E-state index in [2.05, 4.69) is 130 Å². The van der Waals surface area contributed by atoms with Gasteiger partial charge >= 0.3 is 17.9 Å². The lowest BCUT2D eigenvalue weighted by atomic mass is 10.1. The first-order valence-corrected chi connectivity index (χ1v) is 27.8. The molecule has 0 heterocycles. The van der Waals surface area contributed by atoms with Gasteiger partial charge in [-0.15, -0.1) is 0 Å². The van der Waals surface area contributed by atoms with Crippen LogP contribution in [0.1, 0.15) is 226 Å². The Labute approximate surface area is 424 Å². The van der Waals surface area contributed by atoms with Crippen molar-refractivity contribution in [2.75, 3.05) is 13.2 Å². The Balaban J connectivity index is 4.54. The molecule has 0 rings (SSSR count). The summed E-state index contributed by atoms with van der Waals surface area (Å²) in [7, 11) is 0. The Kier molecular flexibility index (Phi) is 52.5. The number of ether oxygens (including phenoxy) is 3. The third-order valence-electron chi connectivity index (χ3n) is 11.3. The quantitative estimate of drug-likeness (QED) is 0.0262. The third-order valence-corrected chi connectivity index (χ3v) is 11.3. The molecule has 6 heteroatoms. The van der Waals surface area contributed by atoms with E-state index in [-0.39, 0.29) is 31.1 Å². The van der Waals surface area contributed by atoms with Crippen molar-refractivity contribution >= 4 is 17.9 Å². The van der Waals surface area contributed by atoms with Gasteiger partial charge in [0.25, 0.3) is 0 Å². The van der Waals surface area contributed by atoms with Gasteiger partial charge in [0.05, 0.1) is 0 Å². The van der Waals surface area contributed by atoms with Crippen LogP contribution in [-0.2, 0) is 28.6 Å². The highest BCUT2D eigenvalue weighted by atomic mass is 16.6. The Hall–Kier alpha value is -4.45. The van der Waals surface area contributed by atoms with E-state index in [1.54, 1.807) is 0 Å². The van der Waals surface area contributed by atoms with Crippen LogP contribution in [0.5, 0.6) is 0 Å². The number of rotatable bonds is 48. The number of allylic oxidation sites excluding steroid dienone is 22. The van der Waals surface area contributed by atoms with Gasteiger partial charge in [-0.1, -0.05) is 257 Å². The van der Waals surface area contributed by atoms with Crippen molar-refractivity contribution in [1.82, 2.24) is 0 Å². The van der Waals surface area contributed by atoms with Crippen molar-refractivity contribution in [2.24, 2.45) is 0 Å². The van der Waals surface area contributed by atoms with Crippen LogP contribution in [0.25, 0.3) is 0 Å². The highest BCUT2D eigenvalue weighted by Crippen LogP contribution is 2.14. The van der Waals surface area contributed by atoms with Gasteiger partial charge in [-0.2, -0.15) is 0 Å². The van der Waals surface area contributed by atoms with Gasteiger partial charge in [0.15, 0.2) is 6.10 Å². The van der Waals surface area contributed by atoms with Crippen molar-refractivity contribution in [3.63, 3.8) is 0 Å². The van der Waals surface area contributed by atoms with Crippen LogP contribution in [-0.4, -0.2) is 37.2 Å². The molecular formula is C63H100O6. The summed E-state index contributed by atoms with van der Waals surface area (Å²) >= 11 is 0. The van der Waals surface area contributed by atoms with E-state index in [0.29, 0.717) is 19.3 Å². The molecule has 0 spiro atoms. The highest BCUT2D eigenvalue weighted by Gasteiger charge is 2.19. The molecule has 388 valence electrons. The molecule has 1 unspecified atom stereocenters. The summed E-state index contributed by atoms with van der Waals surface area (Å²) in [6.45, 7) is 6.35. The number of carbonyl (C=O) groups is 3. The van der Waals surface area contributed by atoms with Crippen LogP contribution < -0.4 is 0 Å². The standard InChI is InChI=1S/C63H100O6/c1-4-7-10-13-16-19-22-25-28-30-32-35-38-41-44-47-50-53-56-62(65)68-59-60(58-67-61(64)55-52-49-46-43-40-37-34-27-24-21-18-15-12-9-6-3)69-63(66)57-54-51-48-45-42-39-36-33-31-29-26-23-20-17-14-11-8-5-2/h9-10,12-13,15-16,18-19,21-26,28-33,35-36,60H,4-8,11,14,17,20,27,34,37-59H2,1-3H3/b12-9-,13-10-,18-15-,19-16-,24-21-,25-22-,26-23-,30-28-,31-29-,35-32-,36-33-. The molecule has 69 heavy (non-hydrogen) atoms. The molecule has 1 atom stereocenters. The minimum absolute atomic E-state index is 0.106. The molecule has 0 aromatic heterocycles. The van der Waals surface area contributed by atoms with Crippen molar-refractivity contribution in [3.8, 4) is 0 Å². The molecule has 0 bridgehead atoms. The number of unbranched alkanes of at least 4 members (excludes halogenated alkanes) is 23. The van der Waals surface area contributed by atoms with Crippen LogP contribution in [0.15, 0.2) is 134 Å². The molecule has 0 amide bonds. The van der Waals surface area contributed by atoms with Crippen molar-refractivity contribution in [3.05, 3.63) is 134 Å². The topological polar surface area (TPSA) is 78.9 Å². The largest absolute Gasteiger partial charge is 0.462 e. The van der Waals surface area contributed by atoms with Gasteiger partial charge in [-0.25, -0.2) is 0 Å². The highest BCUT2D eigenvalue weighted by molar-refractivity contribution is 5.71. The summed E-state index contributed by atoms with van der Waals surface area (Å²) in [5.41, 5.74) is 0. The van der Waals surface area contributed by atoms with Gasteiger partial charge < -0.3 is 14.2 Å². The number of hydrogen-bond acceptors (Lipinski definition) is 6. The fourth-order valence-electron chi connectivity index (χ4n) is 7.18. The van der Waals surface area contributed by atoms with Crippen LogP contribution in [0.3, 0.4) is 0 Å². The summed E-state index contributed by atoms with van der Waals surface area (Å²) in [5, 5.41) is 0. The van der Waals surface area contributed by atoms with Gasteiger partial charge in [-0.3, -0.25) is 14.4 Å². The summed E-state index contributed by atoms with van der Waals surface area (Å²) in [5.74, 6) is -0.968. The van der Waals surface area contributed by atoms with Crippen LogP contribution >= 0.6 is 0 Å². The van der Waals surface area contributed by atoms with Crippen molar-refractivity contribution in [1.29, 1.82) is 0 Å². The maximum atomic E-state index is 12.9. The normalized spacial score (nSPS) is 13.1. The molecule has 6 nitrogen and oxygen atoms in total. The lowest BCUT2D eigenvalue weighted by molar-refractivity contribution is -0.167. The lowest BCUT2D eigenvalue weighted by Gasteiger charge is -2.18. The second-order valence-electron chi connectivity index (χ2n) is 18.0. The van der Waals surface area contributed by atoms with Crippen LogP contribution in [0.4, 0.5) is 0 Å². The van der Waals surface area contributed by atoms with Gasteiger partial charge in [0, 0.05) is 19.3 Å². The molecule has 0 fully saturated rings. The molecule has 0 aromatic rings. The molecular weight excluding hydrogens is 853 g/mol. The maximum Gasteiger partial charge on any atom is 0.306 e. The molecule has 0 saturated heterocycles. The second kappa shape index (κ2) is 56.1. The average Bonchev–Trinajstić information content (AvgIpc) is 3.35. The lowest BCUT2D eigenvalue weighted by Crippen LogP contribution is -2.30. The zero-order valence-electron chi connectivity index (χ0n) is 44.3. The third kappa shape index (κ3) is 54.4. The van der Waals surface area contributed by atoms with E-state index in [9.17, 15) is 14.4 Å². The van der Waals surface area contributed by atoms with E-state index in [1.165, 1.54) is 64.2 Å². The van der Waals surface area contributed by atoms with E-state index in [0.717, 1.165) is 122 Å². The Morgan fingerprint density at radius 3 is 0.942 bits per heavy atom. The predicted octanol–water partition coefficient (Wildman–Crippen LogP) is 18.6. The first kappa shape index (κ1) is 64.5. The molecule has 0 N–H and O–H groups in total. The van der Waals surface area contributed by atoms with Crippen molar-refractivity contribution < 1.29 is 28.6 Å². The monoisotopic (exact) mass is 953 g/mol. The Morgan fingerprint density at radius 2 is 0.594 bits per heavy atom. The molecule has 0 radical (unpaired) electrons. The van der Waals surface area contributed by atoms with Crippen LogP contribution in [0.2, 0.25) is 0 Å². The minimum Gasteiger partial charge on any atom is -0.462 e. The number of esters is 3. The fraction of sp³-hybridized carbons (Fsp3) is 0.603. The number of carbonyl (C=O) groups excluding carboxylic acids is 3. The van der Waals surface area contributed by atoms with Gasteiger partial charge in [0.2, 0.25) is 0 Å². The van der Waals surface area contributed by atoms with Gasteiger partial charge in [0.1, 0.15) is 13.2 Å². The van der Waals surface area contributed by atoms with E-state index in [1.807, 2.05) is 24.3 Å². The molecule has 0 aliphatic rings. The zero-order valence-corrected chi connectivity index (χ0v) is 44.3. The van der Waals surface area contributed by atoms with E-state index >= 15 is 0 Å². The second-order valence-corrected chi connectivity index (χ2v) is 18.0. The van der Waals surface area contributed by atoms with E-state index in [4.69, 9.17) is 14.2 Å². The SMILES string of the molecule is CC\C=C/C=C\C=C/CCCCCCCCCC(=O)OCC(COC(=O)CCCCCCC\C=C/C=C\C=C/C=C\C=C/CCC)OC(=O)CCCCCCC\C=C/C=C\C=C/CCCCCCC. The molecule has 0 aliphatic heterocycles. The summed E-state index contributed by atoms with van der Waals surface area (Å²) in [6.07, 6.45) is 78.5. The van der Waals surface area contributed by atoms with Crippen molar-refractivity contribution in [2.45, 2.75) is 232 Å². The smallest absolute Gasteiger partial charge is 0.306 e. The molecule has 0 aliphatic carbocycles. The minimum atomic E-state index is -0.811. The van der Waals surface area contributed by atoms with Gasteiger partial charge in [-0.05, 0) is 83.5 Å².